The molecule has 0 aromatic heterocycles. The summed E-state index contributed by atoms with van der Waals surface area (Å²) in [5.41, 5.74) is 1.89. The van der Waals surface area contributed by atoms with Crippen LogP contribution in [-0.4, -0.2) is 7.11 Å². The molecule has 0 bridgehead atoms. The topological polar surface area (TPSA) is 18.5 Å². The summed E-state index contributed by atoms with van der Waals surface area (Å²) in [6.45, 7) is 2.19. The Balaban J connectivity index is 1.39. The molecule has 0 saturated heterocycles. The predicted octanol–water partition coefficient (Wildman–Crippen LogP) is 9.35. The summed E-state index contributed by atoms with van der Waals surface area (Å²) >= 11 is 0. The number of hydrogen-bond acceptors (Lipinski definition) is 2. The van der Waals surface area contributed by atoms with E-state index in [9.17, 15) is 8.78 Å². The molecule has 0 amide bonds. The van der Waals surface area contributed by atoms with Gasteiger partial charge in [-0.1, -0.05) is 69.0 Å². The van der Waals surface area contributed by atoms with Gasteiger partial charge >= 0.3 is 0 Å². The maximum atomic E-state index is 15.1. The summed E-state index contributed by atoms with van der Waals surface area (Å²) in [6, 6.07) is 12.7. The van der Waals surface area contributed by atoms with Gasteiger partial charge in [0.25, 0.3) is 0 Å². The molecule has 0 spiro atoms. The number of ether oxygens (including phenoxy) is 2. The first-order valence-corrected chi connectivity index (χ1v) is 13.1. The van der Waals surface area contributed by atoms with E-state index in [1.165, 1.54) is 44.9 Å². The van der Waals surface area contributed by atoms with Gasteiger partial charge in [-0.15, -0.1) is 0 Å². The molecule has 4 rings (SSSR count). The van der Waals surface area contributed by atoms with E-state index in [-0.39, 0.29) is 29.6 Å². The number of hydrogen-bond donors (Lipinski definition) is 0. The van der Waals surface area contributed by atoms with Crippen molar-refractivity contribution in [3.05, 3.63) is 82.9 Å². The molecule has 6 heteroatoms. The summed E-state index contributed by atoms with van der Waals surface area (Å²) in [5, 5.41) is 0. The minimum absolute atomic E-state index is 0.0140. The Labute approximate surface area is 216 Å². The highest BCUT2D eigenvalue weighted by Gasteiger charge is 2.26. The van der Waals surface area contributed by atoms with Crippen LogP contribution < -0.4 is 9.47 Å². The second-order valence-electron chi connectivity index (χ2n) is 9.92. The summed E-state index contributed by atoms with van der Waals surface area (Å²) < 4.78 is 68.4. The van der Waals surface area contributed by atoms with Crippen LogP contribution in [0.15, 0.2) is 48.5 Å². The lowest BCUT2D eigenvalue weighted by Gasteiger charge is -2.29. The van der Waals surface area contributed by atoms with Gasteiger partial charge < -0.3 is 9.47 Å². The van der Waals surface area contributed by atoms with Gasteiger partial charge in [-0.25, -0.2) is 8.78 Å². The van der Waals surface area contributed by atoms with Crippen LogP contribution in [-0.2, 0) is 6.61 Å². The third kappa shape index (κ3) is 6.28. The molecule has 1 saturated carbocycles. The molecule has 0 aliphatic heterocycles. The third-order valence-corrected chi connectivity index (χ3v) is 7.51. The lowest BCUT2D eigenvalue weighted by Crippen LogP contribution is -2.15. The van der Waals surface area contributed by atoms with Crippen LogP contribution in [0, 0.1) is 29.2 Å². The van der Waals surface area contributed by atoms with Gasteiger partial charge in [0.2, 0.25) is 11.6 Å². The molecular weight excluding hydrogens is 480 g/mol. The number of unbranched alkanes of at least 4 members (excludes halogenated alkanes) is 2. The van der Waals surface area contributed by atoms with Gasteiger partial charge in [-0.3, -0.25) is 0 Å². The quantitative estimate of drug-likeness (QED) is 0.198. The Hall–Kier alpha value is -3.02. The van der Waals surface area contributed by atoms with Crippen molar-refractivity contribution in [1.29, 1.82) is 0 Å². The van der Waals surface area contributed by atoms with Crippen molar-refractivity contribution >= 4 is 0 Å². The van der Waals surface area contributed by atoms with Crippen molar-refractivity contribution in [2.24, 2.45) is 5.92 Å². The van der Waals surface area contributed by atoms with E-state index in [4.69, 9.17) is 9.47 Å². The molecule has 1 aliphatic carbocycles. The maximum absolute atomic E-state index is 15.1. The van der Waals surface area contributed by atoms with Gasteiger partial charge in [-0.2, -0.15) is 8.78 Å². The largest absolute Gasteiger partial charge is 0.494 e. The van der Waals surface area contributed by atoms with Gasteiger partial charge in [0.05, 0.1) is 7.11 Å². The summed E-state index contributed by atoms with van der Waals surface area (Å²) in [6.07, 6.45) is 8.93. The van der Waals surface area contributed by atoms with E-state index in [2.05, 4.69) is 6.92 Å². The predicted molar refractivity (Wildman–Crippen MR) is 138 cm³/mol. The maximum Gasteiger partial charge on any atom is 0.204 e. The lowest BCUT2D eigenvalue weighted by atomic mass is 9.76. The molecule has 0 unspecified atom stereocenters. The molecule has 0 heterocycles. The molecule has 0 N–H and O–H groups in total. The number of halogens is 4. The fourth-order valence-corrected chi connectivity index (χ4v) is 5.27. The van der Waals surface area contributed by atoms with Crippen LogP contribution in [0.3, 0.4) is 0 Å². The van der Waals surface area contributed by atoms with Crippen LogP contribution in [0.25, 0.3) is 11.1 Å². The van der Waals surface area contributed by atoms with Gasteiger partial charge in [-0.05, 0) is 66.3 Å². The summed E-state index contributed by atoms with van der Waals surface area (Å²) in [4.78, 5) is 0. The van der Waals surface area contributed by atoms with Crippen molar-refractivity contribution < 1.29 is 27.0 Å². The fourth-order valence-electron chi connectivity index (χ4n) is 5.27. The first-order chi connectivity index (χ1) is 17.9. The molecule has 3 aromatic rings. The zero-order chi connectivity index (χ0) is 26.4. The van der Waals surface area contributed by atoms with Crippen molar-refractivity contribution in [1.82, 2.24) is 0 Å². The zero-order valence-electron chi connectivity index (χ0n) is 21.5. The van der Waals surface area contributed by atoms with E-state index >= 15 is 8.78 Å². The SMILES string of the molecule is CCCCCC1CCC(c2ccc(-c3ccc(COc4ccc(OC)c(F)c4F)cc3)c(F)c2F)CC1. The van der Waals surface area contributed by atoms with E-state index < -0.39 is 23.3 Å². The molecule has 2 nitrogen and oxygen atoms in total. The molecule has 0 radical (unpaired) electrons. The summed E-state index contributed by atoms with van der Waals surface area (Å²) in [5.74, 6) is -3.49. The fraction of sp³-hybridized carbons (Fsp3) is 0.419. The highest BCUT2D eigenvalue weighted by molar-refractivity contribution is 5.65. The van der Waals surface area contributed by atoms with Crippen LogP contribution in [0.5, 0.6) is 11.5 Å². The lowest BCUT2D eigenvalue weighted by molar-refractivity contribution is 0.280. The Morgan fingerprint density at radius 2 is 1.41 bits per heavy atom. The monoisotopic (exact) mass is 514 g/mol. The number of benzene rings is 3. The van der Waals surface area contributed by atoms with Gasteiger partial charge in [0, 0.05) is 5.56 Å². The van der Waals surface area contributed by atoms with E-state index in [0.29, 0.717) is 22.6 Å². The van der Waals surface area contributed by atoms with E-state index in [0.717, 1.165) is 25.7 Å². The van der Waals surface area contributed by atoms with Crippen LogP contribution >= 0.6 is 0 Å². The second-order valence-corrected chi connectivity index (χ2v) is 9.92. The van der Waals surface area contributed by atoms with Crippen molar-refractivity contribution in [2.75, 3.05) is 7.11 Å². The standard InChI is InChI=1S/C31H34F4O2/c1-3-4-5-6-20-7-11-22(12-8-20)24-15-16-25(29(33)28(24)32)23-13-9-21(10-14-23)19-37-27-18-17-26(36-2)30(34)31(27)35/h9-10,13-18,20,22H,3-8,11-12,19H2,1-2H3. The van der Waals surface area contributed by atoms with Crippen LogP contribution in [0.4, 0.5) is 17.6 Å². The van der Waals surface area contributed by atoms with E-state index in [1.54, 1.807) is 36.4 Å². The molecule has 1 fully saturated rings. The molecule has 0 atom stereocenters. The molecule has 37 heavy (non-hydrogen) atoms. The second kappa shape index (κ2) is 12.5. The number of rotatable bonds is 10. The Kier molecular flexibility index (Phi) is 9.12. The summed E-state index contributed by atoms with van der Waals surface area (Å²) in [7, 11) is 1.25. The van der Waals surface area contributed by atoms with Crippen molar-refractivity contribution in [2.45, 2.75) is 70.8 Å². The van der Waals surface area contributed by atoms with E-state index in [1.807, 2.05) is 0 Å². The Morgan fingerprint density at radius 3 is 2.08 bits per heavy atom. The molecule has 3 aromatic carbocycles. The Bertz CT molecular complexity index is 1180. The van der Waals surface area contributed by atoms with Crippen LogP contribution in [0.2, 0.25) is 0 Å². The Morgan fingerprint density at radius 1 is 0.730 bits per heavy atom. The van der Waals surface area contributed by atoms with Crippen LogP contribution in [0.1, 0.15) is 75.3 Å². The first kappa shape index (κ1) is 27.0. The van der Waals surface area contributed by atoms with Gasteiger partial charge in [0.1, 0.15) is 6.61 Å². The van der Waals surface area contributed by atoms with Crippen molar-refractivity contribution in [3.8, 4) is 22.6 Å². The van der Waals surface area contributed by atoms with Crippen molar-refractivity contribution in [3.63, 3.8) is 0 Å². The normalized spacial score (nSPS) is 17.6. The minimum atomic E-state index is -1.13. The minimum Gasteiger partial charge on any atom is -0.494 e. The first-order valence-electron chi connectivity index (χ1n) is 13.1. The number of methoxy groups -OCH3 is 1. The molecule has 198 valence electrons. The molecule has 1 aliphatic rings. The average molecular weight is 515 g/mol. The zero-order valence-corrected chi connectivity index (χ0v) is 21.5. The third-order valence-electron chi connectivity index (χ3n) is 7.51. The highest BCUT2D eigenvalue weighted by Crippen LogP contribution is 2.40. The average Bonchev–Trinajstić information content (AvgIpc) is 2.92. The smallest absolute Gasteiger partial charge is 0.204 e. The molecular formula is C31H34F4O2. The highest BCUT2D eigenvalue weighted by atomic mass is 19.2. The van der Waals surface area contributed by atoms with Gasteiger partial charge in [0.15, 0.2) is 23.1 Å².